The molecule has 1 aromatic carbocycles. The van der Waals surface area contributed by atoms with E-state index in [1.165, 1.54) is 5.56 Å². The van der Waals surface area contributed by atoms with Crippen molar-refractivity contribution in [1.29, 1.82) is 0 Å². The molecule has 4 heteroatoms. The Balaban J connectivity index is 1.56. The lowest BCUT2D eigenvalue weighted by Crippen LogP contribution is -2.18. The van der Waals surface area contributed by atoms with E-state index in [-0.39, 0.29) is 6.10 Å². The normalized spacial score (nSPS) is 20.1. The molecule has 0 aliphatic carbocycles. The molecule has 3 nitrogen and oxygen atoms in total. The van der Waals surface area contributed by atoms with E-state index >= 15 is 0 Å². The van der Waals surface area contributed by atoms with Crippen LogP contribution >= 0.6 is 11.3 Å². The van der Waals surface area contributed by atoms with Crippen LogP contribution in [0.3, 0.4) is 0 Å². The molecule has 0 saturated carbocycles. The van der Waals surface area contributed by atoms with E-state index in [0.29, 0.717) is 6.04 Å². The third-order valence-electron chi connectivity index (χ3n) is 3.66. The van der Waals surface area contributed by atoms with Crippen LogP contribution in [0.15, 0.2) is 35.7 Å². The number of aromatic nitrogens is 1. The third-order valence-corrected chi connectivity index (χ3v) is 4.65. The molecule has 1 N–H and O–H groups in total. The van der Waals surface area contributed by atoms with Crippen molar-refractivity contribution in [2.45, 2.75) is 38.5 Å². The molecular formula is C16H20N2OS. The molecule has 0 spiro atoms. The first-order chi connectivity index (χ1) is 9.83. The van der Waals surface area contributed by atoms with Crippen LogP contribution in [-0.4, -0.2) is 11.6 Å². The number of nitrogens with zero attached hydrogens (tertiary/aromatic N) is 1. The highest BCUT2D eigenvalue weighted by Gasteiger charge is 2.20. The lowest BCUT2D eigenvalue weighted by molar-refractivity contribution is 0.111. The first-order valence-electron chi connectivity index (χ1n) is 7.17. The second kappa shape index (κ2) is 6.48. The van der Waals surface area contributed by atoms with Crippen molar-refractivity contribution in [3.8, 4) is 0 Å². The van der Waals surface area contributed by atoms with Gasteiger partial charge in [-0.2, -0.15) is 0 Å². The molecule has 3 rings (SSSR count). The molecule has 20 heavy (non-hydrogen) atoms. The molecule has 2 atom stereocenters. The summed E-state index contributed by atoms with van der Waals surface area (Å²) in [5.74, 6) is 0. The van der Waals surface area contributed by atoms with Crippen molar-refractivity contribution in [3.63, 3.8) is 0 Å². The fraction of sp³-hybridized carbons (Fsp3) is 0.438. The molecule has 1 fully saturated rings. The molecule has 1 aliphatic heterocycles. The predicted molar refractivity (Wildman–Crippen MR) is 81.7 cm³/mol. The van der Waals surface area contributed by atoms with E-state index < -0.39 is 0 Å². The summed E-state index contributed by atoms with van der Waals surface area (Å²) in [7, 11) is 0. The maximum absolute atomic E-state index is 5.67. The predicted octanol–water partition coefficient (Wildman–Crippen LogP) is 3.85. The number of thiazole rings is 1. The summed E-state index contributed by atoms with van der Waals surface area (Å²) >= 11 is 1.72. The van der Waals surface area contributed by atoms with Crippen LogP contribution in [0.4, 0.5) is 0 Å². The van der Waals surface area contributed by atoms with Gasteiger partial charge < -0.3 is 10.1 Å². The quantitative estimate of drug-likeness (QED) is 0.907. The lowest BCUT2D eigenvalue weighted by Gasteiger charge is -2.13. The molecular weight excluding hydrogens is 268 g/mol. The highest BCUT2D eigenvalue weighted by molar-refractivity contribution is 7.09. The van der Waals surface area contributed by atoms with E-state index in [2.05, 4.69) is 46.9 Å². The van der Waals surface area contributed by atoms with Crippen molar-refractivity contribution in [2.75, 3.05) is 6.61 Å². The maximum atomic E-state index is 5.67. The summed E-state index contributed by atoms with van der Waals surface area (Å²) in [4.78, 5) is 4.69. The zero-order valence-electron chi connectivity index (χ0n) is 11.7. The summed E-state index contributed by atoms with van der Waals surface area (Å²) in [6.45, 7) is 3.87. The van der Waals surface area contributed by atoms with Gasteiger partial charge in [-0.05, 0) is 25.3 Å². The van der Waals surface area contributed by atoms with Crippen molar-refractivity contribution in [3.05, 3.63) is 52.0 Å². The van der Waals surface area contributed by atoms with Crippen LogP contribution in [0.5, 0.6) is 0 Å². The van der Waals surface area contributed by atoms with E-state index in [9.17, 15) is 0 Å². The number of hydrogen-bond acceptors (Lipinski definition) is 4. The Morgan fingerprint density at radius 1 is 1.40 bits per heavy atom. The fourth-order valence-corrected chi connectivity index (χ4v) is 3.34. The van der Waals surface area contributed by atoms with Gasteiger partial charge in [-0.3, -0.25) is 0 Å². The Labute approximate surface area is 124 Å². The molecule has 2 heterocycles. The molecule has 0 radical (unpaired) electrons. The zero-order chi connectivity index (χ0) is 13.8. The Morgan fingerprint density at radius 3 is 3.00 bits per heavy atom. The van der Waals surface area contributed by atoms with Crippen molar-refractivity contribution >= 4 is 11.3 Å². The van der Waals surface area contributed by atoms with Gasteiger partial charge in [0, 0.05) is 24.6 Å². The lowest BCUT2D eigenvalue weighted by atomic mass is 10.1. The van der Waals surface area contributed by atoms with E-state index in [1.54, 1.807) is 11.3 Å². The van der Waals surface area contributed by atoms with Crippen LogP contribution in [0.1, 0.15) is 48.2 Å². The number of nitrogens with one attached hydrogen (secondary N) is 1. The van der Waals surface area contributed by atoms with Gasteiger partial charge in [-0.25, -0.2) is 4.98 Å². The monoisotopic (exact) mass is 288 g/mol. The van der Waals surface area contributed by atoms with E-state index in [4.69, 9.17) is 4.74 Å². The van der Waals surface area contributed by atoms with Gasteiger partial charge in [0.25, 0.3) is 0 Å². The Bertz CT molecular complexity index is 534. The second-order valence-corrected chi connectivity index (χ2v) is 6.08. The van der Waals surface area contributed by atoms with Crippen LogP contribution < -0.4 is 5.32 Å². The standard InChI is InChI=1S/C16H20N2OS/c1-12(13-6-3-2-4-7-13)17-10-14-11-20-16(18-14)15-8-5-9-19-15/h2-4,6-7,11-12,15,17H,5,8-10H2,1H3/t12-,15-/m0/s1. The first kappa shape index (κ1) is 13.7. The summed E-state index contributed by atoms with van der Waals surface area (Å²) < 4.78 is 5.67. The molecule has 0 unspecified atom stereocenters. The average molecular weight is 288 g/mol. The van der Waals surface area contributed by atoms with Gasteiger partial charge >= 0.3 is 0 Å². The molecule has 1 aromatic heterocycles. The van der Waals surface area contributed by atoms with Gasteiger partial charge in [0.15, 0.2) is 0 Å². The van der Waals surface area contributed by atoms with Crippen LogP contribution in [0.2, 0.25) is 0 Å². The highest BCUT2D eigenvalue weighted by Crippen LogP contribution is 2.30. The molecule has 1 aliphatic rings. The minimum Gasteiger partial charge on any atom is -0.371 e. The number of rotatable bonds is 5. The molecule has 0 amide bonds. The summed E-state index contributed by atoms with van der Waals surface area (Å²) in [6, 6.07) is 10.8. The second-order valence-electron chi connectivity index (χ2n) is 5.19. The van der Waals surface area contributed by atoms with Crippen molar-refractivity contribution < 1.29 is 4.74 Å². The number of ether oxygens (including phenoxy) is 1. The van der Waals surface area contributed by atoms with Crippen molar-refractivity contribution in [2.24, 2.45) is 0 Å². The van der Waals surface area contributed by atoms with E-state index in [0.717, 1.165) is 36.7 Å². The Morgan fingerprint density at radius 2 is 2.25 bits per heavy atom. The highest BCUT2D eigenvalue weighted by atomic mass is 32.1. The number of hydrogen-bond donors (Lipinski definition) is 1. The first-order valence-corrected chi connectivity index (χ1v) is 8.05. The Hall–Kier alpha value is -1.23. The van der Waals surface area contributed by atoms with Gasteiger partial charge in [-0.15, -0.1) is 11.3 Å². The third kappa shape index (κ3) is 3.26. The van der Waals surface area contributed by atoms with Crippen LogP contribution in [0, 0.1) is 0 Å². The zero-order valence-corrected chi connectivity index (χ0v) is 12.5. The molecule has 106 valence electrons. The van der Waals surface area contributed by atoms with Crippen LogP contribution in [0.25, 0.3) is 0 Å². The molecule has 1 saturated heterocycles. The Kier molecular flexibility index (Phi) is 4.45. The molecule has 0 bridgehead atoms. The SMILES string of the molecule is C[C@H](NCc1csc([C@@H]2CCCO2)n1)c1ccccc1. The minimum absolute atomic E-state index is 0.236. The fourth-order valence-electron chi connectivity index (χ4n) is 2.44. The summed E-state index contributed by atoms with van der Waals surface area (Å²) in [5, 5.41) is 6.79. The van der Waals surface area contributed by atoms with Gasteiger partial charge in [0.05, 0.1) is 5.69 Å². The number of benzene rings is 1. The van der Waals surface area contributed by atoms with Crippen molar-refractivity contribution in [1.82, 2.24) is 10.3 Å². The topological polar surface area (TPSA) is 34.1 Å². The summed E-state index contributed by atoms with van der Waals surface area (Å²) in [5.41, 5.74) is 2.42. The van der Waals surface area contributed by atoms with Gasteiger partial charge in [0.2, 0.25) is 0 Å². The van der Waals surface area contributed by atoms with Crippen LogP contribution in [-0.2, 0) is 11.3 Å². The minimum atomic E-state index is 0.236. The smallest absolute Gasteiger partial charge is 0.122 e. The average Bonchev–Trinajstić information content (AvgIpc) is 3.16. The van der Waals surface area contributed by atoms with Gasteiger partial charge in [-0.1, -0.05) is 30.3 Å². The van der Waals surface area contributed by atoms with E-state index in [1.807, 2.05) is 6.07 Å². The largest absolute Gasteiger partial charge is 0.371 e. The molecule has 2 aromatic rings. The summed E-state index contributed by atoms with van der Waals surface area (Å²) in [6.07, 6.45) is 2.50. The maximum Gasteiger partial charge on any atom is 0.122 e. The van der Waals surface area contributed by atoms with Gasteiger partial charge in [0.1, 0.15) is 11.1 Å².